The van der Waals surface area contributed by atoms with Crippen LogP contribution in [0.4, 0.5) is 0 Å². The van der Waals surface area contributed by atoms with Gasteiger partial charge in [-0.2, -0.15) is 0 Å². The first-order valence-electron chi connectivity index (χ1n) is 9.91. The van der Waals surface area contributed by atoms with Crippen LogP contribution >= 0.6 is 34.5 Å². The quantitative estimate of drug-likeness (QED) is 0.331. The molecular formula is C22H24Cl2N2O4S. The number of amides is 1. The van der Waals surface area contributed by atoms with E-state index in [1.165, 1.54) is 35.5 Å². The number of benzene rings is 1. The summed E-state index contributed by atoms with van der Waals surface area (Å²) in [6.45, 7) is 6.74. The molecule has 2 aromatic rings. The van der Waals surface area contributed by atoms with Gasteiger partial charge in [0.15, 0.2) is 0 Å². The van der Waals surface area contributed by atoms with Gasteiger partial charge in [-0.3, -0.25) is 9.59 Å². The molecule has 1 atom stereocenters. The lowest BCUT2D eigenvalue weighted by Gasteiger charge is -2.27. The molecule has 1 saturated heterocycles. The van der Waals surface area contributed by atoms with Crippen molar-refractivity contribution >= 4 is 52.0 Å². The van der Waals surface area contributed by atoms with Gasteiger partial charge in [-0.25, -0.2) is 0 Å². The fourth-order valence-electron chi connectivity index (χ4n) is 3.73. The highest BCUT2D eigenvalue weighted by Gasteiger charge is 2.46. The summed E-state index contributed by atoms with van der Waals surface area (Å²) < 4.78 is 5.34. The topological polar surface area (TPSA) is 70.1 Å². The molecular weight excluding hydrogens is 459 g/mol. The highest BCUT2D eigenvalue weighted by molar-refractivity contribution is 7.10. The second-order valence-corrected chi connectivity index (χ2v) is 8.83. The molecule has 1 N–H and O–H groups in total. The van der Waals surface area contributed by atoms with Crippen molar-refractivity contribution in [2.24, 2.45) is 0 Å². The van der Waals surface area contributed by atoms with E-state index in [-0.39, 0.29) is 32.7 Å². The SMILES string of the molecule is CCN(CC)CCN1C(=O)C(=O)/C(=C(\O)c2cc(Cl)cc(Cl)c2OC)C1c1cccs1. The lowest BCUT2D eigenvalue weighted by atomic mass is 9.99. The Hall–Kier alpha value is -2.06. The maximum Gasteiger partial charge on any atom is 0.295 e. The van der Waals surface area contributed by atoms with Crippen LogP contribution in [0, 0.1) is 0 Å². The zero-order chi connectivity index (χ0) is 22.7. The Labute approximate surface area is 195 Å². The summed E-state index contributed by atoms with van der Waals surface area (Å²) in [6.07, 6.45) is 0. The summed E-state index contributed by atoms with van der Waals surface area (Å²) in [5.41, 5.74) is 0.173. The van der Waals surface area contributed by atoms with Crippen molar-refractivity contribution in [2.75, 3.05) is 33.3 Å². The molecule has 0 bridgehead atoms. The van der Waals surface area contributed by atoms with E-state index < -0.39 is 17.7 Å². The van der Waals surface area contributed by atoms with Gasteiger partial charge in [0.2, 0.25) is 0 Å². The van der Waals surface area contributed by atoms with Crippen LogP contribution in [0.2, 0.25) is 10.0 Å². The maximum atomic E-state index is 13.1. The summed E-state index contributed by atoms with van der Waals surface area (Å²) in [6, 6.07) is 5.95. The van der Waals surface area contributed by atoms with E-state index in [0.717, 1.165) is 18.0 Å². The Kier molecular flexibility index (Phi) is 7.64. The van der Waals surface area contributed by atoms with Crippen LogP contribution in [0.3, 0.4) is 0 Å². The largest absolute Gasteiger partial charge is 0.507 e. The van der Waals surface area contributed by atoms with Crippen molar-refractivity contribution in [2.45, 2.75) is 19.9 Å². The number of aliphatic hydroxyl groups is 1. The molecule has 1 aliphatic rings. The van der Waals surface area contributed by atoms with Gasteiger partial charge < -0.3 is 19.6 Å². The number of rotatable bonds is 8. The molecule has 1 aromatic carbocycles. The van der Waals surface area contributed by atoms with Crippen LogP contribution in [-0.4, -0.2) is 59.9 Å². The lowest BCUT2D eigenvalue weighted by Crippen LogP contribution is -2.37. The molecule has 0 saturated carbocycles. The first-order valence-corrected chi connectivity index (χ1v) is 11.5. The number of nitrogens with zero attached hydrogens (tertiary/aromatic N) is 2. The summed E-state index contributed by atoms with van der Waals surface area (Å²) in [4.78, 5) is 30.5. The van der Waals surface area contributed by atoms with Crippen molar-refractivity contribution < 1.29 is 19.4 Å². The van der Waals surface area contributed by atoms with Crippen LogP contribution in [0.25, 0.3) is 5.76 Å². The van der Waals surface area contributed by atoms with E-state index in [1.54, 1.807) is 0 Å². The molecule has 1 unspecified atom stereocenters. The molecule has 6 nitrogen and oxygen atoms in total. The van der Waals surface area contributed by atoms with Crippen LogP contribution in [0.15, 0.2) is 35.2 Å². The highest BCUT2D eigenvalue weighted by atomic mass is 35.5. The number of likely N-dealkylation sites (N-methyl/N-ethyl adjacent to an activating group) is 1. The maximum absolute atomic E-state index is 13.1. The predicted octanol–water partition coefficient (Wildman–Crippen LogP) is 4.83. The number of thiophene rings is 1. The monoisotopic (exact) mass is 482 g/mol. The lowest BCUT2D eigenvalue weighted by molar-refractivity contribution is -0.140. The molecule has 1 fully saturated rings. The molecule has 3 rings (SSSR count). The zero-order valence-electron chi connectivity index (χ0n) is 17.5. The van der Waals surface area contributed by atoms with Gasteiger partial charge in [-0.05, 0) is 36.7 Å². The van der Waals surface area contributed by atoms with Crippen molar-refractivity contribution in [3.05, 3.63) is 55.7 Å². The third kappa shape index (κ3) is 4.60. The summed E-state index contributed by atoms with van der Waals surface area (Å²) in [7, 11) is 1.41. The van der Waals surface area contributed by atoms with Crippen LogP contribution in [-0.2, 0) is 9.59 Å². The number of aliphatic hydroxyl groups excluding tert-OH is 1. The molecule has 1 aromatic heterocycles. The number of halogens is 2. The first-order chi connectivity index (χ1) is 14.8. The molecule has 0 aliphatic carbocycles. The summed E-state index contributed by atoms with van der Waals surface area (Å²) >= 11 is 13.8. The Bertz CT molecular complexity index is 1000. The van der Waals surface area contributed by atoms with E-state index >= 15 is 0 Å². The number of Topliss-reactive ketones (excluding diaryl/α,β-unsaturated/α-hetero) is 1. The number of carbonyl (C=O) groups excluding carboxylic acids is 2. The summed E-state index contributed by atoms with van der Waals surface area (Å²) in [5, 5.41) is 13.5. The third-order valence-corrected chi connectivity index (χ3v) is 6.80. The minimum Gasteiger partial charge on any atom is -0.507 e. The van der Waals surface area contributed by atoms with Gasteiger partial charge >= 0.3 is 0 Å². The number of likely N-dealkylation sites (tertiary alicyclic amines) is 1. The van der Waals surface area contributed by atoms with Crippen LogP contribution < -0.4 is 4.74 Å². The average Bonchev–Trinajstić information content (AvgIpc) is 3.35. The van der Waals surface area contributed by atoms with E-state index in [4.69, 9.17) is 27.9 Å². The number of ketones is 1. The van der Waals surface area contributed by atoms with Crippen LogP contribution in [0.1, 0.15) is 30.3 Å². The van der Waals surface area contributed by atoms with Crippen molar-refractivity contribution in [1.29, 1.82) is 0 Å². The number of methoxy groups -OCH3 is 1. The molecule has 9 heteroatoms. The van der Waals surface area contributed by atoms with Crippen LogP contribution in [0.5, 0.6) is 5.75 Å². The van der Waals surface area contributed by atoms with E-state index in [9.17, 15) is 14.7 Å². The van der Waals surface area contributed by atoms with Gasteiger partial charge in [0.1, 0.15) is 11.5 Å². The molecule has 1 amide bonds. The Morgan fingerprint density at radius 1 is 1.26 bits per heavy atom. The second-order valence-electron chi connectivity index (χ2n) is 7.00. The summed E-state index contributed by atoms with van der Waals surface area (Å²) in [5.74, 6) is -1.56. The fourth-order valence-corrected chi connectivity index (χ4v) is 5.15. The number of ether oxygens (including phenoxy) is 1. The number of carbonyl (C=O) groups is 2. The van der Waals surface area contributed by atoms with Gasteiger partial charge in [0.25, 0.3) is 11.7 Å². The molecule has 0 radical (unpaired) electrons. The standard InChI is InChI=1S/C22H24Cl2N2O4S/c1-4-25(5-2)8-9-26-18(16-7-6-10-31-16)17(20(28)22(26)29)19(27)14-11-13(23)12-15(24)21(14)30-3/h6-7,10-12,18,27H,4-5,8-9H2,1-3H3/b19-17-. The molecule has 166 valence electrons. The normalized spacial score (nSPS) is 18.3. The molecule has 1 aliphatic heterocycles. The number of hydrogen-bond donors (Lipinski definition) is 1. The molecule has 31 heavy (non-hydrogen) atoms. The number of hydrogen-bond acceptors (Lipinski definition) is 6. The van der Waals surface area contributed by atoms with E-state index in [1.807, 2.05) is 31.4 Å². The predicted molar refractivity (Wildman–Crippen MR) is 124 cm³/mol. The third-order valence-electron chi connectivity index (χ3n) is 5.37. The second kappa shape index (κ2) is 10.0. The van der Waals surface area contributed by atoms with E-state index in [2.05, 4.69) is 4.90 Å². The van der Waals surface area contributed by atoms with Crippen molar-refractivity contribution in [3.63, 3.8) is 0 Å². The van der Waals surface area contributed by atoms with Gasteiger partial charge in [0.05, 0.1) is 29.3 Å². The Balaban J connectivity index is 2.14. The molecule has 0 spiro atoms. The fraction of sp³-hybridized carbons (Fsp3) is 0.364. The minimum absolute atomic E-state index is 0.00336. The Morgan fingerprint density at radius 2 is 1.97 bits per heavy atom. The van der Waals surface area contributed by atoms with Gasteiger partial charge in [0, 0.05) is 23.0 Å². The van der Waals surface area contributed by atoms with Crippen molar-refractivity contribution in [3.8, 4) is 5.75 Å². The Morgan fingerprint density at radius 3 is 2.55 bits per heavy atom. The van der Waals surface area contributed by atoms with Gasteiger partial charge in [-0.15, -0.1) is 11.3 Å². The highest BCUT2D eigenvalue weighted by Crippen LogP contribution is 2.44. The van der Waals surface area contributed by atoms with Gasteiger partial charge in [-0.1, -0.05) is 43.1 Å². The average molecular weight is 483 g/mol. The zero-order valence-corrected chi connectivity index (χ0v) is 19.9. The van der Waals surface area contributed by atoms with Crippen molar-refractivity contribution in [1.82, 2.24) is 9.80 Å². The minimum atomic E-state index is -0.742. The first kappa shape index (κ1) is 23.6. The molecule has 2 heterocycles. The smallest absolute Gasteiger partial charge is 0.295 e. The van der Waals surface area contributed by atoms with E-state index in [0.29, 0.717) is 13.1 Å².